The number of hydrogen-bond acceptors (Lipinski definition) is 6. The van der Waals surface area contributed by atoms with Crippen LogP contribution in [0, 0.1) is 18.2 Å². The molecule has 2 aromatic rings. The number of rotatable bonds is 8. The van der Waals surface area contributed by atoms with Crippen LogP contribution in [-0.2, 0) is 27.5 Å². The average molecular weight is 520 g/mol. The van der Waals surface area contributed by atoms with Crippen LogP contribution in [0.1, 0.15) is 19.0 Å². The molecule has 0 fully saturated rings. The van der Waals surface area contributed by atoms with Crippen molar-refractivity contribution in [2.75, 3.05) is 13.2 Å². The minimum atomic E-state index is -5.00. The summed E-state index contributed by atoms with van der Waals surface area (Å²) in [6, 6.07) is 1.61. The quantitative estimate of drug-likeness (QED) is 0.324. The molecule has 0 aliphatic heterocycles. The van der Waals surface area contributed by atoms with Crippen molar-refractivity contribution in [2.24, 2.45) is 7.05 Å². The molecule has 2 rings (SSSR count). The number of alkyl halides is 3. The molecule has 0 spiro atoms. The van der Waals surface area contributed by atoms with Gasteiger partial charge in [0.1, 0.15) is 17.3 Å². The smallest absolute Gasteiger partial charge is 0.431 e. The lowest BCUT2D eigenvalue weighted by Crippen LogP contribution is -2.41. The zero-order chi connectivity index (χ0) is 26.5. The molecule has 0 bridgehead atoms. The molecule has 0 radical (unpaired) electrons. The van der Waals surface area contributed by atoms with Gasteiger partial charge in [-0.15, -0.1) is 6.42 Å². The largest absolute Gasteiger partial charge is 0.479 e. The highest BCUT2D eigenvalue weighted by Crippen LogP contribution is 2.30. The summed E-state index contributed by atoms with van der Waals surface area (Å²) in [5, 5.41) is 2.04. The molecule has 0 aliphatic rings. The normalized spacial score (nSPS) is 11.9. The van der Waals surface area contributed by atoms with Crippen LogP contribution >= 0.6 is 11.6 Å². The van der Waals surface area contributed by atoms with Crippen LogP contribution in [0.25, 0.3) is 5.69 Å². The van der Waals surface area contributed by atoms with Crippen molar-refractivity contribution in [3.8, 4) is 23.8 Å². The van der Waals surface area contributed by atoms with E-state index in [4.69, 9.17) is 22.8 Å². The number of terminal acetylenes is 1. The standard InChI is InChI=1S/C21H18ClF4N3O6/c1-4-7-34-18(31)5-6-27-19(32)11(2)35-15-9-14(13(23)8-12(15)22)29-17(30)10-16(21(24,25)26)28(3)20(29)33/h1,8-11H,5-7H2,2-3H3,(H,27,32). The van der Waals surface area contributed by atoms with Gasteiger partial charge in [-0.05, 0) is 13.0 Å². The zero-order valence-electron chi connectivity index (χ0n) is 18.2. The number of halogens is 5. The first kappa shape index (κ1) is 27.5. The van der Waals surface area contributed by atoms with Gasteiger partial charge in [0.15, 0.2) is 12.7 Å². The van der Waals surface area contributed by atoms with Crippen molar-refractivity contribution in [3.63, 3.8) is 0 Å². The predicted molar refractivity (Wildman–Crippen MR) is 115 cm³/mol. The van der Waals surface area contributed by atoms with Gasteiger partial charge in [-0.25, -0.2) is 13.8 Å². The average Bonchev–Trinajstić information content (AvgIpc) is 2.76. The van der Waals surface area contributed by atoms with E-state index in [1.165, 1.54) is 6.92 Å². The number of carbonyl (C=O) groups is 2. The van der Waals surface area contributed by atoms with Gasteiger partial charge in [-0.3, -0.25) is 19.0 Å². The molecule has 35 heavy (non-hydrogen) atoms. The van der Waals surface area contributed by atoms with Crippen LogP contribution < -0.4 is 21.3 Å². The summed E-state index contributed by atoms with van der Waals surface area (Å²) in [6.45, 7) is 0.951. The van der Waals surface area contributed by atoms with Crippen LogP contribution in [0.2, 0.25) is 5.02 Å². The number of carbonyl (C=O) groups excluding carboxylic acids is 2. The van der Waals surface area contributed by atoms with E-state index < -0.39 is 52.6 Å². The fourth-order valence-corrected chi connectivity index (χ4v) is 2.96. The number of amides is 1. The Labute approximate surface area is 200 Å². The molecule has 14 heteroatoms. The summed E-state index contributed by atoms with van der Waals surface area (Å²) in [7, 11) is 0.765. The first-order chi connectivity index (χ1) is 16.3. The van der Waals surface area contributed by atoms with Gasteiger partial charge < -0.3 is 14.8 Å². The third-order valence-electron chi connectivity index (χ3n) is 4.47. The van der Waals surface area contributed by atoms with Crippen molar-refractivity contribution in [3.05, 3.63) is 55.6 Å². The minimum absolute atomic E-state index is 0.116. The highest BCUT2D eigenvalue weighted by Gasteiger charge is 2.35. The molecule has 1 unspecified atom stereocenters. The summed E-state index contributed by atoms with van der Waals surface area (Å²) in [5.74, 6) is -0.794. The summed E-state index contributed by atoms with van der Waals surface area (Å²) >= 11 is 5.93. The van der Waals surface area contributed by atoms with Gasteiger partial charge in [0.25, 0.3) is 11.5 Å². The summed E-state index contributed by atoms with van der Waals surface area (Å²) < 4.78 is 64.0. The maximum Gasteiger partial charge on any atom is 0.431 e. The highest BCUT2D eigenvalue weighted by atomic mass is 35.5. The van der Waals surface area contributed by atoms with E-state index in [0.717, 1.165) is 13.1 Å². The minimum Gasteiger partial charge on any atom is -0.479 e. The van der Waals surface area contributed by atoms with E-state index in [1.54, 1.807) is 0 Å². The maximum atomic E-state index is 14.6. The summed E-state index contributed by atoms with van der Waals surface area (Å²) in [4.78, 5) is 48.3. The van der Waals surface area contributed by atoms with Crippen molar-refractivity contribution in [2.45, 2.75) is 25.6 Å². The van der Waals surface area contributed by atoms with Crippen LogP contribution in [0.5, 0.6) is 5.75 Å². The van der Waals surface area contributed by atoms with E-state index in [9.17, 15) is 36.7 Å². The molecule has 1 heterocycles. The lowest BCUT2D eigenvalue weighted by atomic mass is 10.2. The Balaban J connectivity index is 2.29. The Kier molecular flexibility index (Phi) is 8.70. The van der Waals surface area contributed by atoms with Crippen molar-refractivity contribution < 1.29 is 36.6 Å². The highest BCUT2D eigenvalue weighted by molar-refractivity contribution is 6.32. The fourth-order valence-electron chi connectivity index (χ4n) is 2.77. The number of hydrogen-bond donors (Lipinski definition) is 1. The molecule has 1 amide bonds. The first-order valence-corrected chi connectivity index (χ1v) is 10.1. The molecule has 0 saturated heterocycles. The molecule has 1 N–H and O–H groups in total. The van der Waals surface area contributed by atoms with E-state index in [-0.39, 0.29) is 45.5 Å². The van der Waals surface area contributed by atoms with Gasteiger partial charge >= 0.3 is 17.8 Å². The molecule has 1 aromatic carbocycles. The van der Waals surface area contributed by atoms with Gasteiger partial charge in [0.05, 0.1) is 17.1 Å². The second-order valence-corrected chi connectivity index (χ2v) is 7.35. The van der Waals surface area contributed by atoms with Gasteiger partial charge in [0, 0.05) is 25.7 Å². The topological polar surface area (TPSA) is 109 Å². The molecule has 0 aliphatic carbocycles. The second kappa shape index (κ2) is 11.1. The predicted octanol–water partition coefficient (Wildman–Crippen LogP) is 1.80. The summed E-state index contributed by atoms with van der Waals surface area (Å²) in [6.07, 6.45) is -1.48. The number of nitrogens with one attached hydrogen (secondary N) is 1. The monoisotopic (exact) mass is 519 g/mol. The Morgan fingerprint density at radius 3 is 2.51 bits per heavy atom. The number of aromatic nitrogens is 2. The third-order valence-corrected chi connectivity index (χ3v) is 4.77. The third kappa shape index (κ3) is 6.63. The Hall–Kier alpha value is -3.79. The Bertz CT molecular complexity index is 1300. The second-order valence-electron chi connectivity index (χ2n) is 6.94. The number of ether oxygens (including phenoxy) is 2. The first-order valence-electron chi connectivity index (χ1n) is 9.71. The molecule has 1 atom stereocenters. The van der Waals surface area contributed by atoms with E-state index in [0.29, 0.717) is 6.07 Å². The van der Waals surface area contributed by atoms with Gasteiger partial charge in [-0.1, -0.05) is 17.5 Å². The Morgan fingerprint density at radius 2 is 1.91 bits per heavy atom. The van der Waals surface area contributed by atoms with E-state index in [1.807, 2.05) is 0 Å². The Morgan fingerprint density at radius 1 is 1.26 bits per heavy atom. The van der Waals surface area contributed by atoms with Gasteiger partial charge in [0.2, 0.25) is 0 Å². The van der Waals surface area contributed by atoms with Crippen LogP contribution in [0.3, 0.4) is 0 Å². The van der Waals surface area contributed by atoms with Crippen LogP contribution in [0.15, 0.2) is 27.8 Å². The number of esters is 1. The lowest BCUT2D eigenvalue weighted by Gasteiger charge is -2.18. The van der Waals surface area contributed by atoms with E-state index >= 15 is 0 Å². The van der Waals surface area contributed by atoms with Crippen LogP contribution in [-0.4, -0.2) is 40.3 Å². The lowest BCUT2D eigenvalue weighted by molar-refractivity contribution is -0.144. The number of nitrogens with zero attached hydrogens (tertiary/aromatic N) is 2. The molecule has 0 saturated carbocycles. The molecular weight excluding hydrogens is 502 g/mol. The van der Waals surface area contributed by atoms with Crippen molar-refractivity contribution >= 4 is 23.5 Å². The van der Waals surface area contributed by atoms with Gasteiger partial charge in [-0.2, -0.15) is 13.2 Å². The maximum absolute atomic E-state index is 14.6. The molecule has 188 valence electrons. The SMILES string of the molecule is C#CCOC(=O)CCNC(=O)C(C)Oc1cc(-n2c(=O)cc(C(F)(F)F)n(C)c2=O)c(F)cc1Cl. The van der Waals surface area contributed by atoms with Crippen molar-refractivity contribution in [1.29, 1.82) is 0 Å². The fraction of sp³-hybridized carbons (Fsp3) is 0.333. The molecular formula is C21H18ClF4N3O6. The summed E-state index contributed by atoms with van der Waals surface area (Å²) in [5.41, 5.74) is -5.19. The number of benzene rings is 1. The van der Waals surface area contributed by atoms with Crippen molar-refractivity contribution in [1.82, 2.24) is 14.5 Å². The zero-order valence-corrected chi connectivity index (χ0v) is 19.0. The van der Waals surface area contributed by atoms with E-state index in [2.05, 4.69) is 16.0 Å². The molecule has 1 aromatic heterocycles. The van der Waals surface area contributed by atoms with Crippen LogP contribution in [0.4, 0.5) is 17.6 Å². The molecule has 9 nitrogen and oxygen atoms in total.